The third-order valence-corrected chi connectivity index (χ3v) is 15.2. The second-order valence-electron chi connectivity index (χ2n) is 21.0. The van der Waals surface area contributed by atoms with Crippen LogP contribution in [0.3, 0.4) is 0 Å². The zero-order chi connectivity index (χ0) is 57.4. The number of nitrogens with two attached hydrogens (primary N) is 1. The number of halogens is 2. The van der Waals surface area contributed by atoms with Gasteiger partial charge in [0.15, 0.2) is 17.2 Å². The van der Waals surface area contributed by atoms with Gasteiger partial charge >= 0.3 is 0 Å². The number of aliphatic hydroxyl groups excluding tert-OH is 1. The van der Waals surface area contributed by atoms with Gasteiger partial charge in [0.25, 0.3) is 5.91 Å². The van der Waals surface area contributed by atoms with Crippen LogP contribution < -0.4 is 30.7 Å². The number of nitrogens with one attached hydrogen (secondary N) is 2. The molecule has 82 heavy (non-hydrogen) atoms. The first-order valence-electron chi connectivity index (χ1n) is 28.6. The van der Waals surface area contributed by atoms with E-state index in [1.165, 1.54) is 29.4 Å². The highest BCUT2D eigenvalue weighted by molar-refractivity contribution is 6.05. The van der Waals surface area contributed by atoms with Crippen LogP contribution in [0.2, 0.25) is 0 Å². The monoisotopic (exact) mass is 1130 g/mol. The highest BCUT2D eigenvalue weighted by atomic mass is 19.1. The van der Waals surface area contributed by atoms with Gasteiger partial charge in [-0.2, -0.15) is 9.61 Å². The number of fused-ring (bicyclic) bond motifs is 1. The van der Waals surface area contributed by atoms with Crippen LogP contribution in [0, 0.1) is 18.6 Å². The van der Waals surface area contributed by atoms with Crippen LogP contribution in [-0.4, -0.2) is 161 Å². The van der Waals surface area contributed by atoms with Crippen molar-refractivity contribution in [1.82, 2.24) is 39.3 Å². The summed E-state index contributed by atoms with van der Waals surface area (Å²) >= 11 is 0. The highest BCUT2D eigenvalue weighted by Gasteiger charge is 2.28. The summed E-state index contributed by atoms with van der Waals surface area (Å²) in [5, 5.41) is 20.6. The number of nitrogens with zero attached hydrogens (tertiary/aromatic N) is 9. The molecule has 6 heterocycles. The van der Waals surface area contributed by atoms with Crippen molar-refractivity contribution in [1.29, 1.82) is 0 Å². The van der Waals surface area contributed by atoms with E-state index in [9.17, 15) is 19.1 Å². The number of piperidine rings is 2. The molecule has 0 radical (unpaired) electrons. The molecule has 2 aliphatic heterocycles. The lowest BCUT2D eigenvalue weighted by atomic mass is 9.99. The number of carbonyl (C=O) groups excluding carboxylic acids is 2. The van der Waals surface area contributed by atoms with Gasteiger partial charge in [-0.25, -0.2) is 28.7 Å². The van der Waals surface area contributed by atoms with Crippen molar-refractivity contribution in [3.8, 4) is 22.9 Å². The number of ether oxygens (including phenoxy) is 5. The first kappa shape index (κ1) is 59.3. The largest absolute Gasteiger partial charge is 0.486 e. The molecular weight excluding hydrogens is 1050 g/mol. The van der Waals surface area contributed by atoms with Gasteiger partial charge in [-0.05, 0) is 112 Å². The number of amides is 2. The van der Waals surface area contributed by atoms with E-state index in [0.717, 1.165) is 117 Å². The maximum absolute atomic E-state index is 15.1. The number of carbonyl (C=O) groups is 2. The molecule has 2 amide bonds. The second kappa shape index (κ2) is 29.0. The van der Waals surface area contributed by atoms with Crippen LogP contribution in [-0.2, 0) is 32.0 Å². The molecule has 4 aromatic heterocycles. The van der Waals surface area contributed by atoms with Gasteiger partial charge < -0.3 is 55.0 Å². The van der Waals surface area contributed by atoms with Crippen LogP contribution >= 0.6 is 0 Å². The van der Waals surface area contributed by atoms with Gasteiger partial charge in [-0.3, -0.25) is 14.5 Å². The van der Waals surface area contributed by atoms with Gasteiger partial charge in [0.1, 0.15) is 48.5 Å². The summed E-state index contributed by atoms with van der Waals surface area (Å²) < 4.78 is 61.3. The van der Waals surface area contributed by atoms with Gasteiger partial charge in [0.05, 0.1) is 57.4 Å². The molecule has 6 aromatic rings. The van der Waals surface area contributed by atoms with E-state index in [2.05, 4.69) is 53.5 Å². The van der Waals surface area contributed by atoms with E-state index in [1.54, 1.807) is 32.3 Å². The molecular formula is C60H76F2N12O8. The lowest BCUT2D eigenvalue weighted by molar-refractivity contribution is -0.125. The number of aryl methyl sites for hydroxylation is 1. The summed E-state index contributed by atoms with van der Waals surface area (Å²) in [5.74, 6) is 0.493. The molecule has 438 valence electrons. The molecule has 0 unspecified atom stereocenters. The lowest BCUT2D eigenvalue weighted by Crippen LogP contribution is -2.40. The standard InChI is InChI=1S/C60H76F2N12O8/c1-4-42-38-68-74-52(35-53(70-59(42)74)73-20-6-5-8-46(73)18-24-75)64-36-41-10-15-54(65-37-41)81-31-29-79-27-26-78-28-30-80-47-16-21-72(22-17-47)19-7-9-55(76)71(3)23-25-82-57-56(66-39-67-58(57)63)49-33-45(61)34-51(40(49)2)69-60(77)48-14-13-44(32-50(48)62)43-11-12-43/h7,9-10,13-15,32-35,37-39,43,46-47,64,75H,4-6,8,11-12,16-31,36H2,1-3H3,(H,69,77)(H2,63,66,67)/b9-7+/t46-/m0/s1. The zero-order valence-electron chi connectivity index (χ0n) is 47.2. The van der Waals surface area contributed by atoms with Crippen molar-refractivity contribution < 1.29 is 47.2 Å². The Bertz CT molecular complexity index is 3120. The summed E-state index contributed by atoms with van der Waals surface area (Å²) in [7, 11) is 1.66. The van der Waals surface area contributed by atoms with Crippen molar-refractivity contribution in [3.63, 3.8) is 0 Å². The first-order chi connectivity index (χ1) is 40.0. The Morgan fingerprint density at radius 2 is 1.70 bits per heavy atom. The Balaban J connectivity index is 0.612. The Morgan fingerprint density at radius 1 is 0.890 bits per heavy atom. The van der Waals surface area contributed by atoms with Crippen molar-refractivity contribution in [2.75, 3.05) is 114 Å². The number of likely N-dealkylation sites (tertiary alicyclic amines) is 1. The third kappa shape index (κ3) is 15.8. The van der Waals surface area contributed by atoms with E-state index < -0.39 is 17.5 Å². The number of likely N-dealkylation sites (N-methyl/N-ethyl adjacent to an activating group) is 1. The number of anilines is 4. The molecule has 1 atom stereocenters. The quantitative estimate of drug-likeness (QED) is 0.0260. The Morgan fingerprint density at radius 3 is 2.45 bits per heavy atom. The van der Waals surface area contributed by atoms with Gasteiger partial charge in [-0.1, -0.05) is 25.1 Å². The number of nitrogen functional groups attached to an aromatic ring is 1. The van der Waals surface area contributed by atoms with Crippen LogP contribution in [0.25, 0.3) is 16.9 Å². The second-order valence-corrected chi connectivity index (χ2v) is 21.0. The fourth-order valence-corrected chi connectivity index (χ4v) is 10.3. The summed E-state index contributed by atoms with van der Waals surface area (Å²) in [6.07, 6.45) is 17.1. The number of aliphatic hydroxyl groups is 1. The zero-order valence-corrected chi connectivity index (χ0v) is 47.2. The molecule has 0 bridgehead atoms. The Hall–Kier alpha value is -7.37. The third-order valence-electron chi connectivity index (χ3n) is 15.2. The SMILES string of the molecule is CCc1cnn2c(NCc3ccc(OCCOCCOCCOC4CCN(C/C=C/C(=O)N(C)CCOc5c(N)ncnc5-c5cc(F)cc(NC(=O)c6ccc(C7CC7)cc6F)c5C)CC4)nc3)cc(N3CCCC[C@H]3CCO)nc12. The van der Waals surface area contributed by atoms with Crippen molar-refractivity contribution in [2.45, 2.75) is 96.2 Å². The molecule has 9 rings (SSSR count). The molecule has 3 aliphatic rings. The Labute approximate surface area is 477 Å². The number of aromatic nitrogens is 6. The summed E-state index contributed by atoms with van der Waals surface area (Å²) in [5.41, 5.74) is 10.9. The molecule has 5 N–H and O–H groups in total. The van der Waals surface area contributed by atoms with E-state index in [1.807, 2.05) is 28.9 Å². The van der Waals surface area contributed by atoms with E-state index in [0.29, 0.717) is 75.7 Å². The average Bonchev–Trinajstić information content (AvgIpc) is 4.43. The molecule has 2 saturated heterocycles. The van der Waals surface area contributed by atoms with E-state index >= 15 is 4.39 Å². The summed E-state index contributed by atoms with van der Waals surface area (Å²) in [4.78, 5) is 50.3. The summed E-state index contributed by atoms with van der Waals surface area (Å²) in [6, 6.07) is 13.2. The summed E-state index contributed by atoms with van der Waals surface area (Å²) in [6.45, 7) is 10.5. The predicted molar refractivity (Wildman–Crippen MR) is 308 cm³/mol. The molecule has 1 saturated carbocycles. The maximum Gasteiger partial charge on any atom is 0.258 e. The fourth-order valence-electron chi connectivity index (χ4n) is 10.3. The molecule has 3 fully saturated rings. The fraction of sp³-hybridized carbons (Fsp3) is 0.483. The molecule has 2 aromatic carbocycles. The van der Waals surface area contributed by atoms with E-state index in [-0.39, 0.29) is 66.3 Å². The van der Waals surface area contributed by atoms with Crippen LogP contribution in [0.1, 0.15) is 96.8 Å². The number of pyridine rings is 1. The molecule has 20 nitrogen and oxygen atoms in total. The smallest absolute Gasteiger partial charge is 0.258 e. The van der Waals surface area contributed by atoms with Crippen molar-refractivity contribution in [2.24, 2.45) is 0 Å². The normalized spacial score (nSPS) is 16.0. The average molecular weight is 1130 g/mol. The molecule has 0 spiro atoms. The maximum atomic E-state index is 15.1. The predicted octanol–water partition coefficient (Wildman–Crippen LogP) is 7.78. The number of benzene rings is 2. The first-order valence-corrected chi connectivity index (χ1v) is 28.6. The van der Waals surface area contributed by atoms with Gasteiger partial charge in [-0.15, -0.1) is 0 Å². The Kier molecular flexibility index (Phi) is 21.0. The van der Waals surface area contributed by atoms with Crippen molar-refractivity contribution >= 4 is 40.6 Å². The van der Waals surface area contributed by atoms with Crippen LogP contribution in [0.4, 0.5) is 31.9 Å². The topological polar surface area (TPSA) is 229 Å². The van der Waals surface area contributed by atoms with Gasteiger partial charge in [0, 0.05) is 93.6 Å². The molecule has 22 heteroatoms. The van der Waals surface area contributed by atoms with Crippen LogP contribution in [0.5, 0.6) is 11.6 Å². The van der Waals surface area contributed by atoms with Gasteiger partial charge in [0.2, 0.25) is 11.8 Å². The minimum Gasteiger partial charge on any atom is -0.486 e. The number of rotatable bonds is 29. The number of hydrogen-bond donors (Lipinski definition) is 4. The minimum absolute atomic E-state index is 0.0120. The van der Waals surface area contributed by atoms with Crippen LogP contribution in [0.15, 0.2) is 79.4 Å². The minimum atomic E-state index is -0.712. The number of hydrogen-bond acceptors (Lipinski definition) is 17. The molecule has 1 aliphatic carbocycles. The van der Waals surface area contributed by atoms with Crippen molar-refractivity contribution in [3.05, 3.63) is 119 Å². The lowest BCUT2D eigenvalue weighted by Gasteiger charge is -2.36. The van der Waals surface area contributed by atoms with E-state index in [4.69, 9.17) is 34.4 Å². The highest BCUT2D eigenvalue weighted by Crippen LogP contribution is 2.41.